The van der Waals surface area contributed by atoms with Crippen molar-refractivity contribution in [3.8, 4) is 0 Å². The first-order valence-corrected chi connectivity index (χ1v) is 8.14. The largest absolute Gasteiger partial charge is 0.394 e. The summed E-state index contributed by atoms with van der Waals surface area (Å²) in [7, 11) is -3.73. The van der Waals surface area contributed by atoms with Crippen LogP contribution in [0.15, 0.2) is 47.6 Å². The van der Waals surface area contributed by atoms with Crippen molar-refractivity contribution in [2.45, 2.75) is 30.8 Å². The summed E-state index contributed by atoms with van der Waals surface area (Å²) < 4.78 is 28.7. The van der Waals surface area contributed by atoms with Gasteiger partial charge >= 0.3 is 0 Å². The number of aromatic nitrogens is 2. The molecule has 0 spiro atoms. The number of aliphatic hydroxyl groups is 1. The van der Waals surface area contributed by atoms with Gasteiger partial charge in [-0.2, -0.15) is 5.10 Å². The summed E-state index contributed by atoms with van der Waals surface area (Å²) in [5.41, 5.74) is 0.708. The first-order valence-electron chi connectivity index (χ1n) is 6.66. The van der Waals surface area contributed by atoms with E-state index >= 15 is 0 Å². The smallest absolute Gasteiger partial charge is 0.244 e. The second-order valence-corrected chi connectivity index (χ2v) is 6.73. The van der Waals surface area contributed by atoms with Crippen LogP contribution in [-0.4, -0.2) is 29.9 Å². The topological polar surface area (TPSA) is 84.2 Å². The van der Waals surface area contributed by atoms with E-state index in [4.69, 9.17) is 0 Å². The monoisotopic (exact) mass is 309 g/mol. The second-order valence-electron chi connectivity index (χ2n) is 5.02. The van der Waals surface area contributed by atoms with Gasteiger partial charge in [-0.25, -0.2) is 13.1 Å². The summed E-state index contributed by atoms with van der Waals surface area (Å²) in [6.07, 6.45) is 2.79. The fourth-order valence-electron chi connectivity index (χ4n) is 1.89. The van der Waals surface area contributed by atoms with E-state index in [9.17, 15) is 13.5 Å². The molecule has 0 saturated heterocycles. The molecule has 6 nitrogen and oxygen atoms in total. The van der Waals surface area contributed by atoms with Gasteiger partial charge in [-0.1, -0.05) is 30.3 Å². The lowest BCUT2D eigenvalue weighted by Gasteiger charge is -2.16. The van der Waals surface area contributed by atoms with Gasteiger partial charge in [-0.3, -0.25) is 4.68 Å². The van der Waals surface area contributed by atoms with Gasteiger partial charge in [0.15, 0.2) is 0 Å². The fourth-order valence-corrected chi connectivity index (χ4v) is 3.05. The normalized spacial score (nSPS) is 13.5. The van der Waals surface area contributed by atoms with Crippen LogP contribution in [0.4, 0.5) is 0 Å². The van der Waals surface area contributed by atoms with Gasteiger partial charge in [-0.15, -0.1) is 0 Å². The lowest BCUT2D eigenvalue weighted by molar-refractivity contribution is 0.259. The maximum atomic E-state index is 12.3. The van der Waals surface area contributed by atoms with Crippen molar-refractivity contribution in [2.24, 2.45) is 0 Å². The van der Waals surface area contributed by atoms with E-state index in [0.717, 1.165) is 0 Å². The summed E-state index contributed by atoms with van der Waals surface area (Å²) in [4.78, 5) is 0.0885. The molecule has 0 aliphatic carbocycles. The predicted octanol–water partition coefficient (Wildman–Crippen LogP) is 1.48. The van der Waals surface area contributed by atoms with Crippen molar-refractivity contribution in [3.05, 3.63) is 48.3 Å². The highest BCUT2D eigenvalue weighted by Crippen LogP contribution is 2.17. The van der Waals surface area contributed by atoms with Gasteiger partial charge in [0.25, 0.3) is 0 Å². The number of hydrogen-bond acceptors (Lipinski definition) is 4. The van der Waals surface area contributed by atoms with Gasteiger partial charge in [0, 0.05) is 12.2 Å². The molecule has 114 valence electrons. The molecule has 1 aromatic carbocycles. The van der Waals surface area contributed by atoms with Gasteiger partial charge in [-0.05, 0) is 19.4 Å². The van der Waals surface area contributed by atoms with Crippen molar-refractivity contribution in [3.63, 3.8) is 0 Å². The summed E-state index contributed by atoms with van der Waals surface area (Å²) in [5.74, 6) is 0. The lowest BCUT2D eigenvalue weighted by Crippen LogP contribution is -2.30. The molecule has 0 unspecified atom stereocenters. The van der Waals surface area contributed by atoms with Gasteiger partial charge in [0.2, 0.25) is 10.0 Å². The number of benzene rings is 1. The van der Waals surface area contributed by atoms with Crippen LogP contribution in [0.2, 0.25) is 0 Å². The van der Waals surface area contributed by atoms with Crippen molar-refractivity contribution >= 4 is 10.0 Å². The van der Waals surface area contributed by atoms with Crippen molar-refractivity contribution < 1.29 is 13.5 Å². The number of sulfonamides is 1. The number of aliphatic hydroxyl groups excluding tert-OH is 1. The van der Waals surface area contributed by atoms with Crippen LogP contribution in [0.1, 0.15) is 31.5 Å². The summed E-state index contributed by atoms with van der Waals surface area (Å²) in [6.45, 7) is 3.51. The Bertz CT molecular complexity index is 680. The highest BCUT2D eigenvalue weighted by atomic mass is 32.2. The molecule has 0 aliphatic heterocycles. The van der Waals surface area contributed by atoms with E-state index in [0.29, 0.717) is 5.56 Å². The minimum atomic E-state index is -3.73. The molecule has 0 amide bonds. The predicted molar refractivity (Wildman–Crippen MR) is 79.2 cm³/mol. The number of nitrogens with zero attached hydrogens (tertiary/aromatic N) is 2. The average molecular weight is 309 g/mol. The van der Waals surface area contributed by atoms with Crippen LogP contribution in [-0.2, 0) is 10.0 Å². The maximum Gasteiger partial charge on any atom is 0.244 e. The quantitative estimate of drug-likeness (QED) is 0.846. The van der Waals surface area contributed by atoms with Crippen LogP contribution in [0.3, 0.4) is 0 Å². The molecule has 0 radical (unpaired) electrons. The van der Waals surface area contributed by atoms with Gasteiger partial charge in [0.05, 0.1) is 18.8 Å². The molecule has 2 rings (SSSR count). The van der Waals surface area contributed by atoms with E-state index < -0.39 is 16.1 Å². The molecule has 0 saturated carbocycles. The van der Waals surface area contributed by atoms with Crippen LogP contribution in [0, 0.1) is 0 Å². The SMILES string of the molecule is CC(C)n1cc(S(=O)(=O)N[C@@H](CO)c2ccccc2)cn1. The molecule has 1 aromatic heterocycles. The summed E-state index contributed by atoms with van der Waals surface area (Å²) in [6, 6.07) is 8.35. The molecule has 21 heavy (non-hydrogen) atoms. The Kier molecular flexibility index (Phi) is 4.76. The second kappa shape index (κ2) is 6.38. The zero-order valence-corrected chi connectivity index (χ0v) is 12.8. The third kappa shape index (κ3) is 3.69. The zero-order chi connectivity index (χ0) is 15.5. The van der Waals surface area contributed by atoms with Gasteiger partial charge in [0.1, 0.15) is 4.90 Å². The third-order valence-electron chi connectivity index (χ3n) is 3.10. The Hall–Kier alpha value is -1.70. The fraction of sp³-hybridized carbons (Fsp3) is 0.357. The molecule has 0 fully saturated rings. The Labute approximate surface area is 124 Å². The van der Waals surface area contributed by atoms with Crippen LogP contribution < -0.4 is 4.72 Å². The standard InChI is InChI=1S/C14H19N3O3S/c1-11(2)17-9-13(8-15-17)21(19,20)16-14(10-18)12-6-4-3-5-7-12/h3-9,11,14,16,18H,10H2,1-2H3/t14-/m0/s1. The first kappa shape index (κ1) is 15.7. The summed E-state index contributed by atoms with van der Waals surface area (Å²) in [5, 5.41) is 13.5. The molecule has 2 aromatic rings. The Balaban J connectivity index is 2.23. The zero-order valence-electron chi connectivity index (χ0n) is 12.0. The molecule has 0 aliphatic rings. The molecule has 2 N–H and O–H groups in total. The molecular formula is C14H19N3O3S. The minimum absolute atomic E-state index is 0.0803. The van der Waals surface area contributed by atoms with Crippen molar-refractivity contribution in [1.82, 2.24) is 14.5 Å². The van der Waals surface area contributed by atoms with E-state index in [-0.39, 0.29) is 17.5 Å². The third-order valence-corrected chi connectivity index (χ3v) is 4.53. The minimum Gasteiger partial charge on any atom is -0.394 e. The van der Waals surface area contributed by atoms with Crippen LogP contribution in [0.5, 0.6) is 0 Å². The molecular weight excluding hydrogens is 290 g/mol. The van der Waals surface area contributed by atoms with E-state index in [1.807, 2.05) is 19.9 Å². The molecule has 1 atom stereocenters. The van der Waals surface area contributed by atoms with Crippen LogP contribution in [0.25, 0.3) is 0 Å². The number of rotatable bonds is 6. The average Bonchev–Trinajstić information content (AvgIpc) is 2.96. The Morgan fingerprint density at radius 1 is 1.29 bits per heavy atom. The highest BCUT2D eigenvalue weighted by Gasteiger charge is 2.22. The Morgan fingerprint density at radius 3 is 2.48 bits per heavy atom. The van der Waals surface area contributed by atoms with Crippen molar-refractivity contribution in [1.29, 1.82) is 0 Å². The molecule has 1 heterocycles. The Morgan fingerprint density at radius 2 is 1.95 bits per heavy atom. The van der Waals surface area contributed by atoms with Crippen molar-refractivity contribution in [2.75, 3.05) is 6.61 Å². The number of nitrogens with one attached hydrogen (secondary N) is 1. The highest BCUT2D eigenvalue weighted by molar-refractivity contribution is 7.89. The molecule has 0 bridgehead atoms. The van der Waals surface area contributed by atoms with Gasteiger partial charge < -0.3 is 5.11 Å². The number of hydrogen-bond donors (Lipinski definition) is 2. The lowest BCUT2D eigenvalue weighted by atomic mass is 10.1. The van der Waals surface area contributed by atoms with E-state index in [1.54, 1.807) is 28.9 Å². The van der Waals surface area contributed by atoms with Crippen LogP contribution >= 0.6 is 0 Å². The van der Waals surface area contributed by atoms with E-state index in [1.165, 1.54) is 12.4 Å². The first-order chi connectivity index (χ1) is 9.94. The van der Waals surface area contributed by atoms with E-state index in [2.05, 4.69) is 9.82 Å². The summed E-state index contributed by atoms with van der Waals surface area (Å²) >= 11 is 0. The molecule has 7 heteroatoms. The maximum absolute atomic E-state index is 12.3.